The molecule has 1 aromatic rings. The number of nitrogens with zero attached hydrogens (tertiary/aromatic N) is 1. The summed E-state index contributed by atoms with van der Waals surface area (Å²) in [6.45, 7) is 1.99. The molecule has 0 aliphatic carbocycles. The molecule has 0 N–H and O–H groups in total. The van der Waals surface area contributed by atoms with Crippen molar-refractivity contribution in [1.82, 2.24) is 0 Å². The smallest absolute Gasteiger partial charge is 0.124 e. The first kappa shape index (κ1) is 8.34. The SMILES string of the molecule is COON1c2cc(C)c(OC)cc21. The van der Waals surface area contributed by atoms with Gasteiger partial charge in [-0.15, -0.1) is 4.99 Å². The first-order chi connectivity index (χ1) is 6.27. The molecular weight excluding hydrogens is 170 g/mol. The van der Waals surface area contributed by atoms with Gasteiger partial charge in [0.1, 0.15) is 11.4 Å². The van der Waals surface area contributed by atoms with Gasteiger partial charge in [-0.3, -0.25) is 0 Å². The molecule has 2 rings (SSSR count). The Morgan fingerprint density at radius 2 is 1.85 bits per heavy atom. The van der Waals surface area contributed by atoms with Gasteiger partial charge in [-0.05, 0) is 18.6 Å². The number of hydrogen-bond donors (Lipinski definition) is 0. The van der Waals surface area contributed by atoms with Crippen molar-refractivity contribution in [2.45, 2.75) is 6.92 Å². The zero-order valence-corrected chi connectivity index (χ0v) is 7.83. The maximum absolute atomic E-state index is 5.16. The molecule has 0 radical (unpaired) electrons. The van der Waals surface area contributed by atoms with Crippen LogP contribution in [0, 0.1) is 6.92 Å². The molecule has 0 spiro atoms. The molecule has 0 saturated heterocycles. The van der Waals surface area contributed by atoms with Crippen LogP contribution in [0.5, 0.6) is 5.75 Å². The molecule has 70 valence electrons. The maximum atomic E-state index is 5.16. The van der Waals surface area contributed by atoms with Crippen LogP contribution in [0.15, 0.2) is 12.1 Å². The number of fused-ring (bicyclic) bond motifs is 1. The van der Waals surface area contributed by atoms with Crippen molar-refractivity contribution < 1.29 is 14.6 Å². The molecule has 0 aromatic heterocycles. The summed E-state index contributed by atoms with van der Waals surface area (Å²) in [5.41, 5.74) is 3.10. The van der Waals surface area contributed by atoms with Crippen LogP contribution in [0.1, 0.15) is 5.56 Å². The quantitative estimate of drug-likeness (QED) is 0.405. The lowest BCUT2D eigenvalue weighted by atomic mass is 10.2. The van der Waals surface area contributed by atoms with Gasteiger partial charge in [0.2, 0.25) is 0 Å². The number of rotatable bonds is 3. The average Bonchev–Trinajstić information content (AvgIpc) is 2.77. The van der Waals surface area contributed by atoms with Gasteiger partial charge in [-0.25, -0.2) is 4.89 Å². The molecule has 0 atom stereocenters. The molecular formula is C9H11NO3. The van der Waals surface area contributed by atoms with Gasteiger partial charge in [0.05, 0.1) is 19.9 Å². The van der Waals surface area contributed by atoms with E-state index in [0.717, 1.165) is 22.7 Å². The number of aryl methyl sites for hydroxylation is 1. The first-order valence-corrected chi connectivity index (χ1v) is 3.97. The molecule has 4 nitrogen and oxygen atoms in total. The monoisotopic (exact) mass is 181 g/mol. The Kier molecular flexibility index (Phi) is 1.86. The second kappa shape index (κ2) is 2.90. The summed E-state index contributed by atoms with van der Waals surface area (Å²) in [5, 5.41) is 1.61. The Balaban J connectivity index is 2.24. The predicted molar refractivity (Wildman–Crippen MR) is 48.0 cm³/mol. The highest BCUT2D eigenvalue weighted by Crippen LogP contribution is 2.50. The zero-order valence-electron chi connectivity index (χ0n) is 7.83. The molecule has 1 aliphatic heterocycles. The van der Waals surface area contributed by atoms with E-state index < -0.39 is 0 Å². The van der Waals surface area contributed by atoms with Crippen LogP contribution >= 0.6 is 0 Å². The fraction of sp³-hybridized carbons (Fsp3) is 0.333. The molecule has 1 aromatic carbocycles. The van der Waals surface area contributed by atoms with Crippen LogP contribution in [-0.2, 0) is 9.88 Å². The molecule has 4 heteroatoms. The number of methoxy groups -OCH3 is 1. The van der Waals surface area contributed by atoms with E-state index in [1.54, 1.807) is 12.2 Å². The normalized spacial score (nSPS) is 12.7. The van der Waals surface area contributed by atoms with E-state index in [1.807, 2.05) is 19.1 Å². The van der Waals surface area contributed by atoms with Crippen LogP contribution in [0.2, 0.25) is 0 Å². The number of benzene rings is 1. The van der Waals surface area contributed by atoms with Crippen molar-refractivity contribution in [3.8, 4) is 5.75 Å². The van der Waals surface area contributed by atoms with Crippen LogP contribution in [-0.4, -0.2) is 14.2 Å². The molecule has 0 saturated carbocycles. The zero-order chi connectivity index (χ0) is 9.42. The molecule has 13 heavy (non-hydrogen) atoms. The van der Waals surface area contributed by atoms with Crippen molar-refractivity contribution >= 4 is 11.4 Å². The topological polar surface area (TPSA) is 30.7 Å². The maximum Gasteiger partial charge on any atom is 0.124 e. The Morgan fingerprint density at radius 1 is 1.15 bits per heavy atom. The fourth-order valence-electron chi connectivity index (χ4n) is 1.33. The van der Waals surface area contributed by atoms with Gasteiger partial charge in [0.15, 0.2) is 0 Å². The second-order valence-electron chi connectivity index (χ2n) is 2.85. The van der Waals surface area contributed by atoms with Crippen LogP contribution in [0.4, 0.5) is 11.4 Å². The highest BCUT2D eigenvalue weighted by molar-refractivity contribution is 5.92. The van der Waals surface area contributed by atoms with Crippen LogP contribution < -0.4 is 9.80 Å². The van der Waals surface area contributed by atoms with Gasteiger partial charge in [0.25, 0.3) is 0 Å². The van der Waals surface area contributed by atoms with Gasteiger partial charge in [0, 0.05) is 6.07 Å². The van der Waals surface area contributed by atoms with Gasteiger partial charge < -0.3 is 4.74 Å². The molecule has 0 bridgehead atoms. The Morgan fingerprint density at radius 3 is 2.46 bits per heavy atom. The van der Waals surface area contributed by atoms with E-state index in [9.17, 15) is 0 Å². The highest BCUT2D eigenvalue weighted by atomic mass is 17.3. The summed E-state index contributed by atoms with van der Waals surface area (Å²) in [6.07, 6.45) is 0. The van der Waals surface area contributed by atoms with Crippen molar-refractivity contribution in [3.05, 3.63) is 17.7 Å². The van der Waals surface area contributed by atoms with Crippen LogP contribution in [0.25, 0.3) is 0 Å². The molecule has 0 unspecified atom stereocenters. The Bertz CT molecular complexity index is 338. The van der Waals surface area contributed by atoms with Crippen molar-refractivity contribution in [3.63, 3.8) is 0 Å². The third kappa shape index (κ3) is 1.24. The van der Waals surface area contributed by atoms with Crippen molar-refractivity contribution in [2.24, 2.45) is 0 Å². The highest BCUT2D eigenvalue weighted by Gasteiger charge is 2.32. The Labute approximate surface area is 76.5 Å². The predicted octanol–water partition coefficient (Wildman–Crippen LogP) is 1.95. The summed E-state index contributed by atoms with van der Waals surface area (Å²) < 4.78 is 5.16. The van der Waals surface area contributed by atoms with E-state index in [-0.39, 0.29) is 0 Å². The van der Waals surface area contributed by atoms with E-state index in [0.29, 0.717) is 0 Å². The van der Waals surface area contributed by atoms with Crippen LogP contribution in [0.3, 0.4) is 0 Å². The largest absolute Gasteiger partial charge is 0.496 e. The van der Waals surface area contributed by atoms with Gasteiger partial charge in [-0.2, -0.15) is 5.06 Å². The summed E-state index contributed by atoms with van der Waals surface area (Å²) in [6, 6.07) is 3.91. The lowest BCUT2D eigenvalue weighted by Gasteiger charge is -1.99. The molecule has 0 amide bonds. The third-order valence-corrected chi connectivity index (χ3v) is 2.03. The Hall–Kier alpha value is -1.26. The average molecular weight is 181 g/mol. The lowest BCUT2D eigenvalue weighted by Crippen LogP contribution is -1.98. The molecule has 0 fully saturated rings. The van der Waals surface area contributed by atoms with E-state index in [2.05, 4.69) is 4.89 Å². The minimum Gasteiger partial charge on any atom is -0.496 e. The number of anilines is 2. The molecule has 1 heterocycles. The van der Waals surface area contributed by atoms with E-state index in [1.165, 1.54) is 7.11 Å². The third-order valence-electron chi connectivity index (χ3n) is 2.03. The van der Waals surface area contributed by atoms with Crippen molar-refractivity contribution in [2.75, 3.05) is 19.3 Å². The summed E-state index contributed by atoms with van der Waals surface area (Å²) in [7, 11) is 3.13. The van der Waals surface area contributed by atoms with Gasteiger partial charge >= 0.3 is 0 Å². The van der Waals surface area contributed by atoms with Gasteiger partial charge in [-0.1, -0.05) is 0 Å². The van der Waals surface area contributed by atoms with Crippen molar-refractivity contribution in [1.29, 1.82) is 0 Å². The summed E-state index contributed by atoms with van der Waals surface area (Å²) in [5.74, 6) is 0.862. The minimum absolute atomic E-state index is 0.862. The second-order valence-corrected chi connectivity index (χ2v) is 2.85. The standard InChI is InChI=1S/C9H11NO3/c1-6-4-7-8(5-9(6)11-2)10(7)13-12-3/h4-5H,1-3H3. The van der Waals surface area contributed by atoms with E-state index >= 15 is 0 Å². The summed E-state index contributed by atoms with van der Waals surface area (Å²) >= 11 is 0. The molecule has 1 aliphatic rings. The lowest BCUT2D eigenvalue weighted by molar-refractivity contribution is -0.267. The number of hydrogen-bond acceptors (Lipinski definition) is 4. The minimum atomic E-state index is 0.862. The first-order valence-electron chi connectivity index (χ1n) is 3.97. The fourth-order valence-corrected chi connectivity index (χ4v) is 1.33. The number of ether oxygens (including phenoxy) is 1. The summed E-state index contributed by atoms with van der Waals surface area (Å²) in [4.78, 5) is 9.40. The van der Waals surface area contributed by atoms with E-state index in [4.69, 9.17) is 9.73 Å².